The van der Waals surface area contributed by atoms with Crippen LogP contribution in [0.2, 0.25) is 0 Å². The molecule has 0 aliphatic rings. The number of hydrogen-bond acceptors (Lipinski definition) is 4. The lowest BCUT2D eigenvalue weighted by atomic mass is 10.0. The summed E-state index contributed by atoms with van der Waals surface area (Å²) in [6.45, 7) is 0.456. The molecule has 0 bridgehead atoms. The van der Waals surface area contributed by atoms with Crippen LogP contribution < -0.4 is 11.5 Å². The van der Waals surface area contributed by atoms with Crippen molar-refractivity contribution in [3.63, 3.8) is 0 Å². The van der Waals surface area contributed by atoms with Crippen LogP contribution in [0.1, 0.15) is 23.6 Å². The summed E-state index contributed by atoms with van der Waals surface area (Å²) in [5.74, 6) is 0.116. The van der Waals surface area contributed by atoms with Gasteiger partial charge in [-0.05, 0) is 31.2 Å². The molecule has 1 atom stereocenters. The molecular weight excluding hydrogens is 214 g/mol. The third-order valence-corrected chi connectivity index (χ3v) is 2.03. The monoisotopic (exact) mass is 227 g/mol. The van der Waals surface area contributed by atoms with Gasteiger partial charge in [-0.2, -0.15) is 5.26 Å². The molecule has 0 radical (unpaired) electrons. The third kappa shape index (κ3) is 3.40. The third-order valence-electron chi connectivity index (χ3n) is 2.03. The molecule has 5 N–H and O–H groups in total. The average Bonchev–Trinajstić information content (AvgIpc) is 2.19. The minimum absolute atomic E-state index is 0. The van der Waals surface area contributed by atoms with Crippen LogP contribution in [0.5, 0.6) is 5.75 Å². The highest BCUT2D eigenvalue weighted by Gasteiger charge is 2.10. The van der Waals surface area contributed by atoms with Crippen molar-refractivity contribution in [2.24, 2.45) is 11.5 Å². The summed E-state index contributed by atoms with van der Waals surface area (Å²) in [5, 5.41) is 18.2. The average molecular weight is 228 g/mol. The molecule has 0 aliphatic heterocycles. The van der Waals surface area contributed by atoms with Gasteiger partial charge in [-0.15, -0.1) is 12.4 Å². The quantitative estimate of drug-likeness (QED) is 0.719. The predicted octanol–water partition coefficient (Wildman–Crippen LogP) is 1.03. The summed E-state index contributed by atoms with van der Waals surface area (Å²) in [6.07, 6.45) is 0.586. The number of halogens is 1. The standard InChI is InChI=1S/C10H13N3O.ClH/c11-4-3-9(13)8-5-7(6-12)1-2-10(8)14;/h1-2,5,9,14H,3-4,11,13H2;1H/t9-;/m1./s1. The van der Waals surface area contributed by atoms with E-state index in [4.69, 9.17) is 16.7 Å². The molecule has 0 aliphatic carbocycles. The van der Waals surface area contributed by atoms with Gasteiger partial charge in [-0.3, -0.25) is 0 Å². The summed E-state index contributed by atoms with van der Waals surface area (Å²) < 4.78 is 0. The Bertz CT molecular complexity index is 362. The molecule has 0 heterocycles. The summed E-state index contributed by atoms with van der Waals surface area (Å²) in [4.78, 5) is 0. The zero-order valence-corrected chi connectivity index (χ0v) is 9.00. The Morgan fingerprint density at radius 3 is 2.67 bits per heavy atom. The van der Waals surface area contributed by atoms with Gasteiger partial charge in [0.25, 0.3) is 0 Å². The Kier molecular flexibility index (Phi) is 5.72. The minimum Gasteiger partial charge on any atom is -0.508 e. The lowest BCUT2D eigenvalue weighted by Gasteiger charge is -2.12. The largest absolute Gasteiger partial charge is 0.508 e. The Morgan fingerprint density at radius 1 is 1.47 bits per heavy atom. The maximum Gasteiger partial charge on any atom is 0.120 e. The van der Waals surface area contributed by atoms with E-state index in [1.54, 1.807) is 12.1 Å². The molecule has 1 aromatic rings. The van der Waals surface area contributed by atoms with Gasteiger partial charge in [0, 0.05) is 11.6 Å². The minimum atomic E-state index is -0.312. The summed E-state index contributed by atoms with van der Waals surface area (Å²) in [5.41, 5.74) is 12.2. The molecule has 82 valence electrons. The van der Waals surface area contributed by atoms with Gasteiger partial charge in [0.2, 0.25) is 0 Å². The smallest absolute Gasteiger partial charge is 0.120 e. The normalized spacial score (nSPS) is 11.3. The van der Waals surface area contributed by atoms with Crippen molar-refractivity contribution >= 4 is 12.4 Å². The topological polar surface area (TPSA) is 96.1 Å². The van der Waals surface area contributed by atoms with Crippen LogP contribution in [0.15, 0.2) is 18.2 Å². The number of nitriles is 1. The second-order valence-electron chi connectivity index (χ2n) is 3.07. The van der Waals surface area contributed by atoms with Crippen molar-refractivity contribution < 1.29 is 5.11 Å². The van der Waals surface area contributed by atoms with E-state index in [1.807, 2.05) is 6.07 Å². The van der Waals surface area contributed by atoms with Crippen molar-refractivity contribution in [2.45, 2.75) is 12.5 Å². The Labute approximate surface area is 94.9 Å². The fourth-order valence-electron chi connectivity index (χ4n) is 1.26. The molecule has 1 rings (SSSR count). The number of hydrogen-bond donors (Lipinski definition) is 3. The number of nitrogens with two attached hydrogens (primary N) is 2. The Morgan fingerprint density at radius 2 is 2.13 bits per heavy atom. The predicted molar refractivity (Wildman–Crippen MR) is 60.7 cm³/mol. The molecular formula is C10H14ClN3O. The number of benzene rings is 1. The highest BCUT2D eigenvalue weighted by atomic mass is 35.5. The van der Waals surface area contributed by atoms with Gasteiger partial charge in [-0.1, -0.05) is 0 Å². The van der Waals surface area contributed by atoms with E-state index < -0.39 is 0 Å². The first-order valence-electron chi connectivity index (χ1n) is 4.37. The molecule has 0 amide bonds. The second-order valence-corrected chi connectivity index (χ2v) is 3.07. The fourth-order valence-corrected chi connectivity index (χ4v) is 1.26. The van der Waals surface area contributed by atoms with Crippen LogP contribution in [0.4, 0.5) is 0 Å². The zero-order valence-electron chi connectivity index (χ0n) is 8.18. The zero-order chi connectivity index (χ0) is 10.6. The van der Waals surface area contributed by atoms with Gasteiger partial charge in [0.15, 0.2) is 0 Å². The van der Waals surface area contributed by atoms with E-state index in [0.717, 1.165) is 0 Å². The molecule has 15 heavy (non-hydrogen) atoms. The fraction of sp³-hybridized carbons (Fsp3) is 0.300. The molecule has 0 unspecified atom stereocenters. The molecule has 4 nitrogen and oxygen atoms in total. The van der Waals surface area contributed by atoms with Gasteiger partial charge >= 0.3 is 0 Å². The number of phenolic OH excluding ortho intramolecular Hbond substituents is 1. The van der Waals surface area contributed by atoms with Crippen molar-refractivity contribution in [1.29, 1.82) is 5.26 Å². The van der Waals surface area contributed by atoms with Crippen molar-refractivity contribution in [1.82, 2.24) is 0 Å². The molecule has 0 fully saturated rings. The van der Waals surface area contributed by atoms with Crippen molar-refractivity contribution in [3.05, 3.63) is 29.3 Å². The van der Waals surface area contributed by atoms with Crippen LogP contribution in [0.25, 0.3) is 0 Å². The molecule has 0 saturated carbocycles. The summed E-state index contributed by atoms with van der Waals surface area (Å²) in [6, 6.07) is 6.30. The molecule has 1 aromatic carbocycles. The van der Waals surface area contributed by atoms with Crippen LogP contribution in [-0.2, 0) is 0 Å². The SMILES string of the molecule is Cl.N#Cc1ccc(O)c([C@H](N)CCN)c1. The van der Waals surface area contributed by atoms with Crippen molar-refractivity contribution in [3.8, 4) is 11.8 Å². The van der Waals surface area contributed by atoms with Gasteiger partial charge in [0.05, 0.1) is 11.6 Å². The number of phenols is 1. The Balaban J connectivity index is 0.00000196. The highest BCUT2D eigenvalue weighted by molar-refractivity contribution is 5.85. The molecule has 0 spiro atoms. The second kappa shape index (κ2) is 6.25. The molecule has 0 aromatic heterocycles. The summed E-state index contributed by atoms with van der Waals surface area (Å²) in [7, 11) is 0. The van der Waals surface area contributed by atoms with Gasteiger partial charge < -0.3 is 16.6 Å². The van der Waals surface area contributed by atoms with E-state index >= 15 is 0 Å². The van der Waals surface area contributed by atoms with E-state index in [1.165, 1.54) is 6.07 Å². The molecule has 0 saturated heterocycles. The lowest BCUT2D eigenvalue weighted by molar-refractivity contribution is 0.459. The maximum atomic E-state index is 9.50. The summed E-state index contributed by atoms with van der Waals surface area (Å²) >= 11 is 0. The van der Waals surface area contributed by atoms with E-state index in [2.05, 4.69) is 0 Å². The highest BCUT2D eigenvalue weighted by Crippen LogP contribution is 2.25. The van der Waals surface area contributed by atoms with Crippen LogP contribution in [0.3, 0.4) is 0 Å². The number of aromatic hydroxyl groups is 1. The van der Waals surface area contributed by atoms with Gasteiger partial charge in [-0.25, -0.2) is 0 Å². The first kappa shape index (κ1) is 13.7. The molecule has 5 heteroatoms. The lowest BCUT2D eigenvalue weighted by Crippen LogP contribution is -2.15. The first-order chi connectivity index (χ1) is 6.69. The van der Waals surface area contributed by atoms with Crippen LogP contribution >= 0.6 is 12.4 Å². The van der Waals surface area contributed by atoms with E-state index in [0.29, 0.717) is 24.1 Å². The van der Waals surface area contributed by atoms with E-state index in [9.17, 15) is 5.11 Å². The number of rotatable bonds is 3. The van der Waals surface area contributed by atoms with Gasteiger partial charge in [0.1, 0.15) is 5.75 Å². The van der Waals surface area contributed by atoms with E-state index in [-0.39, 0.29) is 24.2 Å². The van der Waals surface area contributed by atoms with Crippen molar-refractivity contribution in [2.75, 3.05) is 6.54 Å². The Hall–Kier alpha value is -1.28. The number of nitrogens with zero attached hydrogens (tertiary/aromatic N) is 1. The first-order valence-corrected chi connectivity index (χ1v) is 4.37. The van der Waals surface area contributed by atoms with Crippen LogP contribution in [0, 0.1) is 11.3 Å². The maximum absolute atomic E-state index is 9.50. The van der Waals surface area contributed by atoms with Crippen LogP contribution in [-0.4, -0.2) is 11.7 Å².